The van der Waals surface area contributed by atoms with E-state index in [1.807, 2.05) is 61.3 Å². The highest BCUT2D eigenvalue weighted by Crippen LogP contribution is 2.39. The molecule has 0 radical (unpaired) electrons. The van der Waals surface area contributed by atoms with E-state index in [0.717, 1.165) is 44.5 Å². The van der Waals surface area contributed by atoms with E-state index < -0.39 is 0 Å². The number of benzene rings is 5. The SMILES string of the molecule is c1cnc2c(c1)cc(-c1ccc(-c3ccc(-c4cc(-c5ccncc5)nc(-c5ccncc5)c4)c4ccccc34)cc1)c1ccccc12. The van der Waals surface area contributed by atoms with Gasteiger partial charge in [0.05, 0.1) is 16.9 Å². The van der Waals surface area contributed by atoms with Crippen molar-refractivity contribution in [1.29, 1.82) is 0 Å². The van der Waals surface area contributed by atoms with Crippen LogP contribution in [0.2, 0.25) is 0 Å². The first-order valence-corrected chi connectivity index (χ1v) is 16.0. The van der Waals surface area contributed by atoms with Crippen molar-refractivity contribution in [1.82, 2.24) is 19.9 Å². The molecule has 0 saturated heterocycles. The van der Waals surface area contributed by atoms with Crippen molar-refractivity contribution in [2.75, 3.05) is 0 Å². The Kier molecular flexibility index (Phi) is 6.76. The van der Waals surface area contributed by atoms with Crippen LogP contribution in [-0.2, 0) is 0 Å². The molecule has 9 rings (SSSR count). The minimum atomic E-state index is 0.905. The average molecular weight is 613 g/mol. The van der Waals surface area contributed by atoms with Gasteiger partial charge in [0, 0.05) is 52.9 Å². The van der Waals surface area contributed by atoms with Gasteiger partial charge in [-0.1, -0.05) is 91.0 Å². The van der Waals surface area contributed by atoms with Gasteiger partial charge in [0.25, 0.3) is 0 Å². The molecular weight excluding hydrogens is 585 g/mol. The van der Waals surface area contributed by atoms with Crippen molar-refractivity contribution >= 4 is 32.4 Å². The first-order chi connectivity index (χ1) is 23.8. The van der Waals surface area contributed by atoms with Gasteiger partial charge >= 0.3 is 0 Å². The highest BCUT2D eigenvalue weighted by molar-refractivity contribution is 6.12. The minimum absolute atomic E-state index is 0.905. The molecule has 4 aromatic heterocycles. The number of rotatable bonds is 5. The van der Waals surface area contributed by atoms with E-state index in [4.69, 9.17) is 4.98 Å². The van der Waals surface area contributed by atoms with Crippen LogP contribution in [0.5, 0.6) is 0 Å². The van der Waals surface area contributed by atoms with Crippen molar-refractivity contribution < 1.29 is 0 Å². The molecule has 0 bridgehead atoms. The number of fused-ring (bicyclic) bond motifs is 4. The number of hydrogen-bond donors (Lipinski definition) is 0. The molecule has 0 aliphatic rings. The Morgan fingerprint density at radius 2 is 0.833 bits per heavy atom. The molecular formula is C44H28N4. The fourth-order valence-electron chi connectivity index (χ4n) is 6.81. The quantitative estimate of drug-likeness (QED) is 0.181. The maximum Gasteiger partial charge on any atom is 0.0780 e. The summed E-state index contributed by atoms with van der Waals surface area (Å²) in [6.45, 7) is 0. The Hall–Kier alpha value is -6.52. The summed E-state index contributed by atoms with van der Waals surface area (Å²) < 4.78 is 0. The zero-order valence-corrected chi connectivity index (χ0v) is 26.0. The van der Waals surface area contributed by atoms with Crippen LogP contribution in [0.25, 0.3) is 88.3 Å². The molecule has 0 amide bonds. The standard InChI is InChI=1S/C44H28N4/c1-2-8-38-36(34-27-42(31-17-22-45-23-18-31)48-43(28-34)32-19-24-46-25-20-32)16-15-35(37(38)7-1)29-11-13-30(14-12-29)41-26-33-6-5-21-47-44(33)40-10-4-3-9-39(40)41/h1-28H. The lowest BCUT2D eigenvalue weighted by molar-refractivity contribution is 1.27. The van der Waals surface area contributed by atoms with Gasteiger partial charge in [-0.3, -0.25) is 15.0 Å². The van der Waals surface area contributed by atoms with Gasteiger partial charge in [-0.05, 0) is 98.1 Å². The van der Waals surface area contributed by atoms with Gasteiger partial charge < -0.3 is 0 Å². The molecule has 48 heavy (non-hydrogen) atoms. The first kappa shape index (κ1) is 27.8. The second-order valence-electron chi connectivity index (χ2n) is 11.9. The Morgan fingerprint density at radius 3 is 1.42 bits per heavy atom. The van der Waals surface area contributed by atoms with Crippen molar-refractivity contribution in [2.45, 2.75) is 0 Å². The van der Waals surface area contributed by atoms with Gasteiger partial charge in [-0.25, -0.2) is 4.98 Å². The lowest BCUT2D eigenvalue weighted by atomic mass is 9.90. The second-order valence-corrected chi connectivity index (χ2v) is 11.9. The summed E-state index contributed by atoms with van der Waals surface area (Å²) in [5.41, 5.74) is 12.0. The van der Waals surface area contributed by atoms with E-state index in [1.54, 1.807) is 0 Å². The van der Waals surface area contributed by atoms with Gasteiger partial charge in [0.1, 0.15) is 0 Å². The molecule has 0 saturated carbocycles. The molecule has 0 atom stereocenters. The highest BCUT2D eigenvalue weighted by atomic mass is 14.7. The molecule has 4 heterocycles. The Labute approximate surface area is 278 Å². The molecule has 4 heteroatoms. The van der Waals surface area contributed by atoms with Crippen molar-refractivity contribution in [2.24, 2.45) is 0 Å². The third-order valence-electron chi connectivity index (χ3n) is 9.13. The summed E-state index contributed by atoms with van der Waals surface area (Å²) >= 11 is 0. The summed E-state index contributed by atoms with van der Waals surface area (Å²) in [4.78, 5) is 18.2. The highest BCUT2D eigenvalue weighted by Gasteiger charge is 2.15. The van der Waals surface area contributed by atoms with Crippen molar-refractivity contribution in [3.8, 4) is 55.9 Å². The minimum Gasteiger partial charge on any atom is -0.265 e. The molecule has 0 aliphatic heterocycles. The number of pyridine rings is 4. The fourth-order valence-corrected chi connectivity index (χ4v) is 6.81. The molecule has 0 unspecified atom stereocenters. The van der Waals surface area contributed by atoms with Gasteiger partial charge in [0.15, 0.2) is 0 Å². The van der Waals surface area contributed by atoms with E-state index in [0.29, 0.717) is 0 Å². The maximum absolute atomic E-state index is 5.05. The topological polar surface area (TPSA) is 51.6 Å². The third-order valence-corrected chi connectivity index (χ3v) is 9.13. The molecule has 0 aliphatic carbocycles. The monoisotopic (exact) mass is 612 g/mol. The fraction of sp³-hybridized carbons (Fsp3) is 0. The van der Waals surface area contributed by atoms with Gasteiger partial charge in [0.2, 0.25) is 0 Å². The summed E-state index contributed by atoms with van der Waals surface area (Å²) in [6, 6.07) is 49.5. The molecule has 5 aromatic carbocycles. The number of hydrogen-bond acceptors (Lipinski definition) is 4. The smallest absolute Gasteiger partial charge is 0.0780 e. The van der Waals surface area contributed by atoms with Gasteiger partial charge in [-0.15, -0.1) is 0 Å². The zero-order valence-electron chi connectivity index (χ0n) is 26.0. The van der Waals surface area contributed by atoms with Crippen LogP contribution in [0, 0.1) is 0 Å². The van der Waals surface area contributed by atoms with Crippen molar-refractivity contribution in [3.05, 3.63) is 171 Å². The lowest BCUT2D eigenvalue weighted by Gasteiger charge is -2.15. The second kappa shape index (κ2) is 11.7. The first-order valence-electron chi connectivity index (χ1n) is 16.0. The van der Waals surface area contributed by atoms with Gasteiger partial charge in [-0.2, -0.15) is 0 Å². The molecule has 9 aromatic rings. The Balaban J connectivity index is 1.16. The third kappa shape index (κ3) is 4.88. The molecule has 4 nitrogen and oxygen atoms in total. The molecule has 0 fully saturated rings. The lowest BCUT2D eigenvalue weighted by Crippen LogP contribution is -1.93. The molecule has 0 N–H and O–H groups in total. The van der Waals surface area contributed by atoms with Crippen LogP contribution in [0.15, 0.2) is 171 Å². The van der Waals surface area contributed by atoms with Crippen LogP contribution in [-0.4, -0.2) is 19.9 Å². The summed E-state index contributed by atoms with van der Waals surface area (Å²) in [5.74, 6) is 0. The van der Waals surface area contributed by atoms with E-state index >= 15 is 0 Å². The van der Waals surface area contributed by atoms with Crippen LogP contribution >= 0.6 is 0 Å². The van der Waals surface area contributed by atoms with E-state index in [9.17, 15) is 0 Å². The van der Waals surface area contributed by atoms with Crippen LogP contribution < -0.4 is 0 Å². The Morgan fingerprint density at radius 1 is 0.333 bits per heavy atom. The summed E-state index contributed by atoms with van der Waals surface area (Å²) in [6.07, 6.45) is 9.11. The van der Waals surface area contributed by atoms with Crippen LogP contribution in [0.1, 0.15) is 0 Å². The molecule has 224 valence electrons. The van der Waals surface area contributed by atoms with Crippen LogP contribution in [0.4, 0.5) is 0 Å². The summed E-state index contributed by atoms with van der Waals surface area (Å²) in [5, 5.41) is 5.93. The Bertz CT molecular complexity index is 2540. The number of nitrogens with zero attached hydrogens (tertiary/aromatic N) is 4. The van der Waals surface area contributed by atoms with Crippen molar-refractivity contribution in [3.63, 3.8) is 0 Å². The normalized spacial score (nSPS) is 11.3. The molecule has 0 spiro atoms. The zero-order chi connectivity index (χ0) is 31.9. The van der Waals surface area contributed by atoms with E-state index in [-0.39, 0.29) is 0 Å². The largest absolute Gasteiger partial charge is 0.265 e. The maximum atomic E-state index is 5.05. The van der Waals surface area contributed by atoms with E-state index in [2.05, 4.69) is 124 Å². The van der Waals surface area contributed by atoms with E-state index in [1.165, 1.54) is 43.8 Å². The van der Waals surface area contributed by atoms with Crippen LogP contribution in [0.3, 0.4) is 0 Å². The number of aromatic nitrogens is 4. The predicted molar refractivity (Wildman–Crippen MR) is 197 cm³/mol. The predicted octanol–water partition coefficient (Wildman–Crippen LogP) is 11.1. The summed E-state index contributed by atoms with van der Waals surface area (Å²) in [7, 11) is 0. The average Bonchev–Trinajstić information content (AvgIpc) is 3.18.